The van der Waals surface area contributed by atoms with Gasteiger partial charge in [-0.3, -0.25) is 9.52 Å². The van der Waals surface area contributed by atoms with Gasteiger partial charge in [0.15, 0.2) is 10.0 Å². The summed E-state index contributed by atoms with van der Waals surface area (Å²) in [6.45, 7) is 0. The van der Waals surface area contributed by atoms with Crippen LogP contribution in [0.3, 0.4) is 0 Å². The SMILES string of the molecule is COC(=O)Cc1ccc(NS(=O)(=O)c2csc(C#Cc3cccc(OC(F)(F)F)c3)n2)c(OC)c1. The predicted octanol–water partition coefficient (Wildman–Crippen LogP) is 3.97. The van der Waals surface area contributed by atoms with E-state index in [-0.39, 0.29) is 33.5 Å². The Labute approximate surface area is 202 Å². The van der Waals surface area contributed by atoms with Crippen LogP contribution in [0.25, 0.3) is 0 Å². The summed E-state index contributed by atoms with van der Waals surface area (Å²) >= 11 is 0.944. The molecule has 184 valence electrons. The number of hydrogen-bond donors (Lipinski definition) is 1. The molecular formula is C22H17F3N2O6S2. The summed E-state index contributed by atoms with van der Waals surface area (Å²) in [5, 5.41) is 1.10. The summed E-state index contributed by atoms with van der Waals surface area (Å²) in [5.41, 5.74) is 0.914. The number of rotatable bonds is 7. The molecule has 2 aromatic carbocycles. The van der Waals surface area contributed by atoms with E-state index in [4.69, 9.17) is 4.74 Å². The molecule has 0 aliphatic heterocycles. The molecule has 0 amide bonds. The van der Waals surface area contributed by atoms with Gasteiger partial charge in [-0.1, -0.05) is 18.1 Å². The fourth-order valence-corrected chi connectivity index (χ4v) is 4.71. The van der Waals surface area contributed by atoms with Crippen LogP contribution in [0.1, 0.15) is 16.1 Å². The molecule has 3 aromatic rings. The number of carbonyl (C=O) groups is 1. The quantitative estimate of drug-likeness (QED) is 0.367. The number of halogens is 3. The Morgan fingerprint density at radius 3 is 2.60 bits per heavy atom. The van der Waals surface area contributed by atoms with Gasteiger partial charge < -0.3 is 14.2 Å². The van der Waals surface area contributed by atoms with Gasteiger partial charge >= 0.3 is 12.3 Å². The Morgan fingerprint density at radius 2 is 1.91 bits per heavy atom. The minimum absolute atomic E-state index is 0.0146. The molecule has 0 aliphatic rings. The number of carbonyl (C=O) groups excluding carboxylic acids is 1. The highest BCUT2D eigenvalue weighted by atomic mass is 32.2. The molecule has 1 heterocycles. The van der Waals surface area contributed by atoms with E-state index in [1.54, 1.807) is 6.07 Å². The number of sulfonamides is 1. The van der Waals surface area contributed by atoms with Crippen LogP contribution >= 0.6 is 11.3 Å². The lowest BCUT2D eigenvalue weighted by Crippen LogP contribution is -2.17. The van der Waals surface area contributed by atoms with Crippen LogP contribution in [-0.4, -0.2) is 40.0 Å². The van der Waals surface area contributed by atoms with E-state index in [1.165, 1.54) is 43.9 Å². The molecule has 13 heteroatoms. The van der Waals surface area contributed by atoms with Crippen LogP contribution in [0.15, 0.2) is 52.9 Å². The van der Waals surface area contributed by atoms with E-state index in [0.29, 0.717) is 5.56 Å². The van der Waals surface area contributed by atoms with Crippen molar-refractivity contribution in [1.29, 1.82) is 0 Å². The topological polar surface area (TPSA) is 104 Å². The zero-order chi connectivity index (χ0) is 25.6. The molecule has 0 atom stereocenters. The van der Waals surface area contributed by atoms with Gasteiger partial charge in [-0.2, -0.15) is 8.42 Å². The highest BCUT2D eigenvalue weighted by Crippen LogP contribution is 2.29. The zero-order valence-electron chi connectivity index (χ0n) is 18.2. The van der Waals surface area contributed by atoms with Crippen molar-refractivity contribution in [3.8, 4) is 23.3 Å². The molecule has 0 saturated carbocycles. The first-order valence-corrected chi connectivity index (χ1v) is 12.0. The average molecular weight is 527 g/mol. The number of anilines is 1. The smallest absolute Gasteiger partial charge is 0.495 e. The standard InChI is InChI=1S/C22H17F3N2O6S2/c1-31-18-11-15(12-21(28)32-2)6-8-17(18)27-35(29,30)20-13-34-19(26-20)9-7-14-4-3-5-16(10-14)33-22(23,24)25/h3-6,8,10-11,13,27H,12H2,1-2H3. The normalized spacial score (nSPS) is 11.2. The number of methoxy groups -OCH3 is 2. The van der Waals surface area contributed by atoms with Crippen molar-refractivity contribution in [3.63, 3.8) is 0 Å². The van der Waals surface area contributed by atoms with Gasteiger partial charge in [-0.05, 0) is 41.8 Å². The minimum atomic E-state index is -4.83. The second-order valence-electron chi connectivity index (χ2n) is 6.71. The summed E-state index contributed by atoms with van der Waals surface area (Å²) < 4.78 is 78.7. The highest BCUT2D eigenvalue weighted by Gasteiger charge is 2.31. The van der Waals surface area contributed by atoms with Gasteiger partial charge in [0, 0.05) is 10.9 Å². The van der Waals surface area contributed by atoms with Gasteiger partial charge in [-0.15, -0.1) is 24.5 Å². The maximum atomic E-state index is 12.8. The molecule has 0 saturated heterocycles. The molecular weight excluding hydrogens is 509 g/mol. The first-order valence-electron chi connectivity index (χ1n) is 9.59. The number of esters is 1. The summed E-state index contributed by atoms with van der Waals surface area (Å²) in [6.07, 6.45) is -4.85. The Morgan fingerprint density at radius 1 is 1.14 bits per heavy atom. The Balaban J connectivity index is 1.77. The molecule has 0 radical (unpaired) electrons. The van der Waals surface area contributed by atoms with Crippen LogP contribution in [0, 0.1) is 11.8 Å². The summed E-state index contributed by atoms with van der Waals surface area (Å²) in [7, 11) is -1.51. The number of ether oxygens (including phenoxy) is 3. The fourth-order valence-electron chi connectivity index (χ4n) is 2.70. The van der Waals surface area contributed by atoms with Crippen molar-refractivity contribution >= 4 is 33.0 Å². The molecule has 0 unspecified atom stereocenters. The largest absolute Gasteiger partial charge is 0.573 e. The molecule has 1 N–H and O–H groups in total. The first-order chi connectivity index (χ1) is 16.5. The van der Waals surface area contributed by atoms with E-state index in [0.717, 1.165) is 23.5 Å². The zero-order valence-corrected chi connectivity index (χ0v) is 19.8. The maximum Gasteiger partial charge on any atom is 0.573 e. The average Bonchev–Trinajstić information content (AvgIpc) is 3.28. The minimum Gasteiger partial charge on any atom is -0.495 e. The van der Waals surface area contributed by atoms with Gasteiger partial charge in [-0.25, -0.2) is 4.98 Å². The summed E-state index contributed by atoms with van der Waals surface area (Å²) in [5.74, 6) is 4.54. The van der Waals surface area contributed by atoms with Crippen LogP contribution in [0.5, 0.6) is 11.5 Å². The van der Waals surface area contributed by atoms with Gasteiger partial charge in [0.25, 0.3) is 10.0 Å². The number of hydrogen-bond acceptors (Lipinski definition) is 8. The number of benzene rings is 2. The van der Waals surface area contributed by atoms with Gasteiger partial charge in [0.05, 0.1) is 26.3 Å². The third-order valence-electron chi connectivity index (χ3n) is 4.23. The second kappa shape index (κ2) is 10.7. The summed E-state index contributed by atoms with van der Waals surface area (Å²) in [6, 6.07) is 9.54. The first kappa shape index (κ1) is 25.9. The predicted molar refractivity (Wildman–Crippen MR) is 121 cm³/mol. The lowest BCUT2D eigenvalue weighted by molar-refractivity contribution is -0.274. The monoisotopic (exact) mass is 526 g/mol. The van der Waals surface area contributed by atoms with Crippen LogP contribution in [0.4, 0.5) is 18.9 Å². The molecule has 8 nitrogen and oxygen atoms in total. The molecule has 0 bridgehead atoms. The number of nitrogens with one attached hydrogen (secondary N) is 1. The Kier molecular flexibility index (Phi) is 7.88. The molecule has 0 aliphatic carbocycles. The van der Waals surface area contributed by atoms with Crippen LogP contribution in [-0.2, 0) is 26.0 Å². The fraction of sp³-hybridized carbons (Fsp3) is 0.182. The molecule has 3 rings (SSSR count). The number of thiazole rings is 1. The van der Waals surface area contributed by atoms with Gasteiger partial charge in [0.1, 0.15) is 11.5 Å². The van der Waals surface area contributed by atoms with Crippen molar-refractivity contribution in [2.45, 2.75) is 17.8 Å². The van der Waals surface area contributed by atoms with Gasteiger partial charge in [0.2, 0.25) is 0 Å². The maximum absolute atomic E-state index is 12.8. The van der Waals surface area contributed by atoms with Crippen LogP contribution < -0.4 is 14.2 Å². The van der Waals surface area contributed by atoms with Crippen molar-refractivity contribution in [3.05, 3.63) is 64.0 Å². The van der Waals surface area contributed by atoms with Crippen molar-refractivity contribution in [1.82, 2.24) is 4.98 Å². The third kappa shape index (κ3) is 7.36. The number of alkyl halides is 3. The van der Waals surface area contributed by atoms with E-state index in [1.807, 2.05) is 0 Å². The Hall–Kier alpha value is -3.76. The van der Waals surface area contributed by atoms with Crippen molar-refractivity contribution < 1.29 is 40.6 Å². The van der Waals surface area contributed by atoms with E-state index < -0.39 is 28.1 Å². The molecule has 1 aromatic heterocycles. The molecule has 0 fully saturated rings. The van der Waals surface area contributed by atoms with Crippen molar-refractivity contribution in [2.24, 2.45) is 0 Å². The van der Waals surface area contributed by atoms with Crippen LogP contribution in [0.2, 0.25) is 0 Å². The van der Waals surface area contributed by atoms with E-state index in [2.05, 4.69) is 31.0 Å². The second-order valence-corrected chi connectivity index (χ2v) is 9.20. The Bertz CT molecular complexity index is 1390. The molecule has 0 spiro atoms. The lowest BCUT2D eigenvalue weighted by Gasteiger charge is -2.12. The van der Waals surface area contributed by atoms with E-state index >= 15 is 0 Å². The van der Waals surface area contributed by atoms with Crippen molar-refractivity contribution in [2.75, 3.05) is 18.9 Å². The van der Waals surface area contributed by atoms with E-state index in [9.17, 15) is 26.4 Å². The number of nitrogens with zero attached hydrogens (tertiary/aromatic N) is 1. The number of aromatic nitrogens is 1. The third-order valence-corrected chi connectivity index (χ3v) is 6.38. The molecule has 35 heavy (non-hydrogen) atoms. The summed E-state index contributed by atoms with van der Waals surface area (Å²) in [4.78, 5) is 15.4. The lowest BCUT2D eigenvalue weighted by atomic mass is 10.1. The highest BCUT2D eigenvalue weighted by molar-refractivity contribution is 7.92.